The molecule has 4 N–H and O–H groups in total. The number of nitrogens with one attached hydrogen (secondary N) is 4. The highest BCUT2D eigenvalue weighted by Gasteiger charge is 2.27. The first-order valence-electron chi connectivity index (χ1n) is 9.45. The van der Waals surface area contributed by atoms with Crippen molar-refractivity contribution in [1.29, 1.82) is 5.26 Å². The van der Waals surface area contributed by atoms with Crippen LogP contribution in [0, 0.1) is 25.2 Å². The molecule has 2 rings (SSSR count). The van der Waals surface area contributed by atoms with Gasteiger partial charge in [-0.15, -0.1) is 0 Å². The zero-order valence-corrected chi connectivity index (χ0v) is 18.5. The van der Waals surface area contributed by atoms with Crippen LogP contribution in [0.2, 0.25) is 0 Å². The van der Waals surface area contributed by atoms with Crippen LogP contribution in [-0.4, -0.2) is 41.8 Å². The number of allylic oxidation sites excluding steroid dienone is 3. The maximum absolute atomic E-state index is 12.6. The molecule has 0 atom stereocenters. The number of rotatable bonds is 8. The molecule has 0 radical (unpaired) electrons. The number of carbonyl (C=O) groups is 2. The van der Waals surface area contributed by atoms with Crippen LogP contribution in [0.3, 0.4) is 0 Å². The van der Waals surface area contributed by atoms with Crippen LogP contribution < -0.4 is 16.0 Å². The van der Waals surface area contributed by atoms with E-state index in [0.29, 0.717) is 42.5 Å². The summed E-state index contributed by atoms with van der Waals surface area (Å²) in [5, 5.41) is 18.0. The van der Waals surface area contributed by atoms with E-state index >= 15 is 0 Å². The molecule has 8 heteroatoms. The Balaban J connectivity index is 2.20. The third kappa shape index (κ3) is 5.46. The molecule has 7 nitrogen and oxygen atoms in total. The third-order valence-corrected chi connectivity index (χ3v) is 4.96. The number of amides is 2. The number of aromatic nitrogens is 1. The normalized spacial score (nSPS) is 17.8. The average molecular weight is 460 g/mol. The van der Waals surface area contributed by atoms with Gasteiger partial charge in [0.05, 0.1) is 17.2 Å². The zero-order valence-electron chi connectivity index (χ0n) is 16.9. The second-order valence-electron chi connectivity index (χ2n) is 6.56. The Bertz CT molecular complexity index is 918. The zero-order chi connectivity index (χ0) is 21.4. The molecule has 1 saturated heterocycles. The van der Waals surface area contributed by atoms with Gasteiger partial charge >= 0.3 is 0 Å². The number of halogens is 1. The number of aromatic amines is 1. The van der Waals surface area contributed by atoms with Crippen molar-refractivity contribution in [3.8, 4) is 6.07 Å². The SMILES string of the molecule is CC=C1NC(=O)C(=Cc2[nH]c(C)c(C(=O)NCCNCCC#N)c2C)C1=CCBr. The molecule has 0 aliphatic carbocycles. The first-order chi connectivity index (χ1) is 13.9. The number of hydrogen-bond acceptors (Lipinski definition) is 4. The minimum Gasteiger partial charge on any atom is -0.358 e. The Morgan fingerprint density at radius 1 is 1.24 bits per heavy atom. The Morgan fingerprint density at radius 2 is 2.00 bits per heavy atom. The molecule has 1 aromatic heterocycles. The van der Waals surface area contributed by atoms with Gasteiger partial charge in [0.15, 0.2) is 0 Å². The van der Waals surface area contributed by atoms with Crippen molar-refractivity contribution >= 4 is 33.8 Å². The van der Waals surface area contributed by atoms with Crippen molar-refractivity contribution in [2.45, 2.75) is 27.2 Å². The van der Waals surface area contributed by atoms with Gasteiger partial charge in [-0.05, 0) is 32.4 Å². The first kappa shape index (κ1) is 22.7. The lowest BCUT2D eigenvalue weighted by molar-refractivity contribution is -0.115. The number of carbonyl (C=O) groups excluding carboxylic acids is 2. The van der Waals surface area contributed by atoms with Gasteiger partial charge in [-0.2, -0.15) is 5.26 Å². The molecule has 0 spiro atoms. The van der Waals surface area contributed by atoms with Gasteiger partial charge in [0.25, 0.3) is 11.8 Å². The number of nitrogens with zero attached hydrogens (tertiary/aromatic N) is 1. The van der Waals surface area contributed by atoms with E-state index in [2.05, 4.69) is 42.9 Å². The second-order valence-corrected chi connectivity index (χ2v) is 7.21. The summed E-state index contributed by atoms with van der Waals surface area (Å²) in [4.78, 5) is 28.3. The molecule has 1 fully saturated rings. The summed E-state index contributed by atoms with van der Waals surface area (Å²) < 4.78 is 0. The van der Waals surface area contributed by atoms with E-state index in [1.165, 1.54) is 0 Å². The summed E-state index contributed by atoms with van der Waals surface area (Å²) >= 11 is 3.39. The summed E-state index contributed by atoms with van der Waals surface area (Å²) in [6.45, 7) is 7.26. The lowest BCUT2D eigenvalue weighted by atomic mass is 10.0. The standard InChI is InChI=1S/C21H26BrN5O2/c1-4-17-15(6-7-22)16(20(28)27-17)12-18-13(2)19(14(3)26-18)21(29)25-11-10-24-9-5-8-23/h4,6,12,24,26H,5,7,9-11H2,1-3H3,(H,25,29)(H,27,28). The average Bonchev–Trinajstić information content (AvgIpc) is 3.14. The molecular formula is C21H26BrN5O2. The van der Waals surface area contributed by atoms with Gasteiger partial charge in [0, 0.05) is 54.0 Å². The van der Waals surface area contributed by atoms with Gasteiger partial charge in [0.1, 0.15) is 0 Å². The fraction of sp³-hybridized carbons (Fsp3) is 0.381. The molecule has 1 aliphatic rings. The summed E-state index contributed by atoms with van der Waals surface area (Å²) in [6, 6.07) is 2.06. The maximum atomic E-state index is 12.6. The van der Waals surface area contributed by atoms with Gasteiger partial charge < -0.3 is 20.9 Å². The van der Waals surface area contributed by atoms with Crippen molar-refractivity contribution in [3.05, 3.63) is 51.5 Å². The number of hydrogen-bond donors (Lipinski definition) is 4. The van der Waals surface area contributed by atoms with Crippen LogP contribution in [0.5, 0.6) is 0 Å². The Morgan fingerprint density at radius 3 is 2.66 bits per heavy atom. The van der Waals surface area contributed by atoms with E-state index in [9.17, 15) is 9.59 Å². The highest BCUT2D eigenvalue weighted by Crippen LogP contribution is 2.29. The third-order valence-electron chi connectivity index (χ3n) is 4.64. The molecule has 1 aliphatic heterocycles. The summed E-state index contributed by atoms with van der Waals surface area (Å²) in [6.07, 6.45) is 6.04. The van der Waals surface area contributed by atoms with E-state index in [4.69, 9.17) is 5.26 Å². The van der Waals surface area contributed by atoms with Crippen LogP contribution in [0.15, 0.2) is 29.0 Å². The van der Waals surface area contributed by atoms with Crippen LogP contribution in [0.4, 0.5) is 0 Å². The maximum Gasteiger partial charge on any atom is 0.256 e. The van der Waals surface area contributed by atoms with Crippen molar-refractivity contribution in [2.75, 3.05) is 25.0 Å². The largest absolute Gasteiger partial charge is 0.358 e. The van der Waals surface area contributed by atoms with Crippen molar-refractivity contribution < 1.29 is 9.59 Å². The van der Waals surface area contributed by atoms with Crippen molar-refractivity contribution in [3.63, 3.8) is 0 Å². The van der Waals surface area contributed by atoms with Crippen molar-refractivity contribution in [1.82, 2.24) is 20.9 Å². The van der Waals surface area contributed by atoms with Crippen LogP contribution in [0.25, 0.3) is 6.08 Å². The summed E-state index contributed by atoms with van der Waals surface area (Å²) in [5.41, 5.74) is 5.06. The minimum atomic E-state index is -0.163. The molecule has 29 heavy (non-hydrogen) atoms. The molecule has 1 aromatic rings. The number of aryl methyl sites for hydroxylation is 1. The summed E-state index contributed by atoms with van der Waals surface area (Å²) in [7, 11) is 0. The van der Waals surface area contributed by atoms with Gasteiger partial charge in [-0.25, -0.2) is 0 Å². The lowest BCUT2D eigenvalue weighted by Crippen LogP contribution is -2.32. The highest BCUT2D eigenvalue weighted by atomic mass is 79.9. The second kappa shape index (κ2) is 10.8. The van der Waals surface area contributed by atoms with E-state index in [-0.39, 0.29) is 11.8 Å². The monoisotopic (exact) mass is 459 g/mol. The molecule has 154 valence electrons. The smallest absolute Gasteiger partial charge is 0.256 e. The molecule has 0 aromatic carbocycles. The van der Waals surface area contributed by atoms with E-state index < -0.39 is 0 Å². The Kier molecular flexibility index (Phi) is 8.43. The molecule has 2 amide bonds. The van der Waals surface area contributed by atoms with Gasteiger partial charge in [-0.1, -0.05) is 28.1 Å². The highest BCUT2D eigenvalue weighted by molar-refractivity contribution is 9.09. The van der Waals surface area contributed by atoms with E-state index in [0.717, 1.165) is 28.2 Å². The predicted molar refractivity (Wildman–Crippen MR) is 117 cm³/mol. The fourth-order valence-corrected chi connectivity index (χ4v) is 3.54. The van der Waals surface area contributed by atoms with Crippen LogP contribution in [0.1, 0.15) is 40.7 Å². The minimum absolute atomic E-state index is 0.161. The molecule has 2 heterocycles. The number of H-pyrrole nitrogens is 1. The molecule has 0 saturated carbocycles. The molecule has 0 unspecified atom stereocenters. The number of nitriles is 1. The predicted octanol–water partition coefficient (Wildman–Crippen LogP) is 2.60. The van der Waals surface area contributed by atoms with Gasteiger partial charge in [0.2, 0.25) is 0 Å². The number of alkyl halides is 1. The molecular weight excluding hydrogens is 434 g/mol. The van der Waals surface area contributed by atoms with Crippen LogP contribution in [-0.2, 0) is 4.79 Å². The lowest BCUT2D eigenvalue weighted by Gasteiger charge is -2.06. The van der Waals surface area contributed by atoms with Crippen LogP contribution >= 0.6 is 15.9 Å². The quantitative estimate of drug-likeness (QED) is 0.272. The first-order valence-corrected chi connectivity index (χ1v) is 10.6. The van der Waals surface area contributed by atoms with E-state index in [1.54, 1.807) is 6.08 Å². The van der Waals surface area contributed by atoms with Crippen molar-refractivity contribution in [2.24, 2.45) is 0 Å². The fourth-order valence-electron chi connectivity index (χ4n) is 3.22. The Labute approximate surface area is 179 Å². The summed E-state index contributed by atoms with van der Waals surface area (Å²) in [5.74, 6) is -0.323. The topological polar surface area (TPSA) is 110 Å². The Hall–Kier alpha value is -2.63. The molecule has 0 bridgehead atoms. The van der Waals surface area contributed by atoms with Gasteiger partial charge in [-0.3, -0.25) is 9.59 Å². The van der Waals surface area contributed by atoms with E-state index in [1.807, 2.05) is 32.9 Å².